The molecule has 0 aliphatic carbocycles. The van der Waals surface area contributed by atoms with E-state index in [0.29, 0.717) is 0 Å². The van der Waals surface area contributed by atoms with Crippen molar-refractivity contribution in [2.24, 2.45) is 0 Å². The Balaban J connectivity index is 2.68. The van der Waals surface area contributed by atoms with E-state index in [4.69, 9.17) is 0 Å². The van der Waals surface area contributed by atoms with Crippen LogP contribution >= 0.6 is 23.5 Å². The van der Waals surface area contributed by atoms with E-state index in [0.717, 1.165) is 5.75 Å². The molecule has 0 unspecified atom stereocenters. The highest BCUT2D eigenvalue weighted by Crippen LogP contribution is 2.34. The smallest absolute Gasteiger partial charge is 0.0638 e. The van der Waals surface area contributed by atoms with Crippen molar-refractivity contribution in [2.75, 3.05) is 5.75 Å². The molecule has 90 valence electrons. The van der Waals surface area contributed by atoms with Gasteiger partial charge >= 0.3 is 0 Å². The number of nitrogens with zero attached hydrogens (tertiary/aromatic N) is 1. The lowest BCUT2D eigenvalue weighted by Gasteiger charge is -2.19. The maximum absolute atomic E-state index is 4.49. The first-order valence-corrected chi connectivity index (χ1v) is 7.70. The van der Waals surface area contributed by atoms with Gasteiger partial charge in [-0.15, -0.1) is 11.8 Å². The highest BCUT2D eigenvalue weighted by Gasteiger charge is 2.14. The molecule has 0 bridgehead atoms. The van der Waals surface area contributed by atoms with Crippen molar-refractivity contribution in [2.45, 2.75) is 49.5 Å². The monoisotopic (exact) mass is 255 g/mol. The minimum atomic E-state index is 0.257. The van der Waals surface area contributed by atoms with Gasteiger partial charge in [-0.2, -0.15) is 11.8 Å². The highest BCUT2D eigenvalue weighted by molar-refractivity contribution is 8.01. The standard InChI is InChI=1S/C13H21NS2/c1-5-9-15-10-11-12(7-6-8-14-11)16-13(2,3)4/h6-8H,5,9-10H2,1-4H3. The van der Waals surface area contributed by atoms with Gasteiger partial charge < -0.3 is 0 Å². The average Bonchev–Trinajstić information content (AvgIpc) is 2.19. The first kappa shape index (κ1) is 13.9. The Labute approximate surface area is 108 Å². The van der Waals surface area contributed by atoms with E-state index in [-0.39, 0.29) is 4.75 Å². The molecule has 0 spiro atoms. The van der Waals surface area contributed by atoms with E-state index < -0.39 is 0 Å². The van der Waals surface area contributed by atoms with Crippen LogP contribution in [0.1, 0.15) is 39.8 Å². The van der Waals surface area contributed by atoms with Gasteiger partial charge in [-0.3, -0.25) is 4.98 Å². The van der Waals surface area contributed by atoms with Crippen molar-refractivity contribution in [3.63, 3.8) is 0 Å². The number of hydrogen-bond acceptors (Lipinski definition) is 3. The molecule has 0 aliphatic heterocycles. The normalized spacial score (nSPS) is 11.8. The zero-order chi connectivity index (χ0) is 12.0. The van der Waals surface area contributed by atoms with Crippen LogP contribution in [-0.4, -0.2) is 15.5 Å². The second-order valence-corrected chi connectivity index (χ2v) is 7.69. The molecule has 0 radical (unpaired) electrons. The molecule has 1 aromatic rings. The van der Waals surface area contributed by atoms with E-state index in [2.05, 4.69) is 38.7 Å². The van der Waals surface area contributed by atoms with Crippen molar-refractivity contribution in [1.29, 1.82) is 0 Å². The lowest BCUT2D eigenvalue weighted by atomic mass is 10.3. The third-order valence-electron chi connectivity index (χ3n) is 1.85. The van der Waals surface area contributed by atoms with Gasteiger partial charge in [0.2, 0.25) is 0 Å². The van der Waals surface area contributed by atoms with Gasteiger partial charge in [-0.05, 0) is 24.3 Å². The van der Waals surface area contributed by atoms with Crippen molar-refractivity contribution in [3.8, 4) is 0 Å². The molecule has 1 aromatic heterocycles. The number of rotatable bonds is 5. The highest BCUT2D eigenvalue weighted by atomic mass is 32.2. The fourth-order valence-corrected chi connectivity index (χ4v) is 3.26. The van der Waals surface area contributed by atoms with Crippen LogP contribution in [0.4, 0.5) is 0 Å². The molecule has 3 heteroatoms. The molecule has 0 aliphatic rings. The zero-order valence-electron chi connectivity index (χ0n) is 10.6. The first-order chi connectivity index (χ1) is 7.53. The second kappa shape index (κ2) is 6.55. The maximum Gasteiger partial charge on any atom is 0.0638 e. The van der Waals surface area contributed by atoms with Crippen molar-refractivity contribution in [1.82, 2.24) is 4.98 Å². The van der Waals surface area contributed by atoms with E-state index >= 15 is 0 Å². The Kier molecular flexibility index (Phi) is 5.70. The Morgan fingerprint density at radius 3 is 2.69 bits per heavy atom. The SMILES string of the molecule is CCCSCc1ncccc1SC(C)(C)C. The Hall–Kier alpha value is -0.150. The van der Waals surface area contributed by atoms with Crippen LogP contribution in [0.3, 0.4) is 0 Å². The zero-order valence-corrected chi connectivity index (χ0v) is 12.3. The van der Waals surface area contributed by atoms with Crippen LogP contribution in [0.5, 0.6) is 0 Å². The molecule has 0 fully saturated rings. The summed E-state index contributed by atoms with van der Waals surface area (Å²) in [5.41, 5.74) is 1.24. The molecule has 0 saturated heterocycles. The van der Waals surface area contributed by atoms with Crippen molar-refractivity contribution in [3.05, 3.63) is 24.0 Å². The number of hydrogen-bond donors (Lipinski definition) is 0. The maximum atomic E-state index is 4.49. The number of thioether (sulfide) groups is 2. The van der Waals surface area contributed by atoms with Crippen molar-refractivity contribution >= 4 is 23.5 Å². The van der Waals surface area contributed by atoms with Crippen LogP contribution in [0.15, 0.2) is 23.2 Å². The van der Waals surface area contributed by atoms with Gasteiger partial charge in [0, 0.05) is 21.6 Å². The summed E-state index contributed by atoms with van der Waals surface area (Å²) in [5, 5.41) is 0. The minimum Gasteiger partial charge on any atom is -0.259 e. The van der Waals surface area contributed by atoms with Crippen LogP contribution in [0, 0.1) is 0 Å². The molecule has 1 heterocycles. The molecule has 0 aromatic carbocycles. The van der Waals surface area contributed by atoms with E-state index in [9.17, 15) is 0 Å². The molecule has 0 amide bonds. The quantitative estimate of drug-likeness (QED) is 0.563. The fraction of sp³-hybridized carbons (Fsp3) is 0.615. The summed E-state index contributed by atoms with van der Waals surface area (Å²) in [6.45, 7) is 8.95. The van der Waals surface area contributed by atoms with Crippen LogP contribution in [-0.2, 0) is 5.75 Å². The fourth-order valence-electron chi connectivity index (χ4n) is 1.27. The molecule has 0 saturated carbocycles. The van der Waals surface area contributed by atoms with Gasteiger partial charge in [-0.25, -0.2) is 0 Å². The Morgan fingerprint density at radius 2 is 2.06 bits per heavy atom. The van der Waals surface area contributed by atoms with Crippen LogP contribution < -0.4 is 0 Å². The first-order valence-electron chi connectivity index (χ1n) is 5.73. The predicted octanol–water partition coefficient (Wildman–Crippen LogP) is 4.62. The largest absolute Gasteiger partial charge is 0.259 e. The third kappa shape index (κ3) is 5.26. The van der Waals surface area contributed by atoms with Gasteiger partial charge in [0.05, 0.1) is 5.69 Å². The summed E-state index contributed by atoms with van der Waals surface area (Å²) in [5.74, 6) is 2.25. The lowest BCUT2D eigenvalue weighted by molar-refractivity contribution is 0.801. The third-order valence-corrected chi connectivity index (χ3v) is 4.23. The second-order valence-electron chi connectivity index (χ2n) is 4.72. The molecule has 1 rings (SSSR count). The summed E-state index contributed by atoms with van der Waals surface area (Å²) in [4.78, 5) is 5.83. The predicted molar refractivity (Wildman–Crippen MR) is 76.3 cm³/mol. The van der Waals surface area contributed by atoms with E-state index in [1.807, 2.05) is 35.8 Å². The average molecular weight is 255 g/mol. The summed E-state index contributed by atoms with van der Waals surface area (Å²) >= 11 is 3.88. The summed E-state index contributed by atoms with van der Waals surface area (Å²) in [6, 6.07) is 4.22. The van der Waals surface area contributed by atoms with Gasteiger partial charge in [0.1, 0.15) is 0 Å². The Morgan fingerprint density at radius 1 is 1.31 bits per heavy atom. The van der Waals surface area contributed by atoms with Crippen LogP contribution in [0.2, 0.25) is 0 Å². The van der Waals surface area contributed by atoms with E-state index in [1.165, 1.54) is 22.8 Å². The molecule has 16 heavy (non-hydrogen) atoms. The Bertz CT molecular complexity index is 318. The lowest BCUT2D eigenvalue weighted by Crippen LogP contribution is -2.08. The van der Waals surface area contributed by atoms with Crippen LogP contribution in [0.25, 0.3) is 0 Å². The molecular formula is C13H21NS2. The summed E-state index contributed by atoms with van der Waals surface area (Å²) in [6.07, 6.45) is 3.13. The van der Waals surface area contributed by atoms with Gasteiger partial charge in [-0.1, -0.05) is 27.7 Å². The molecule has 0 atom stereocenters. The summed E-state index contributed by atoms with van der Waals surface area (Å²) < 4.78 is 0.257. The summed E-state index contributed by atoms with van der Waals surface area (Å²) in [7, 11) is 0. The van der Waals surface area contributed by atoms with Gasteiger partial charge in [0.15, 0.2) is 0 Å². The van der Waals surface area contributed by atoms with E-state index in [1.54, 1.807) is 0 Å². The molecule has 0 N–H and O–H groups in total. The number of pyridine rings is 1. The molecular weight excluding hydrogens is 234 g/mol. The molecule has 1 nitrogen and oxygen atoms in total. The number of aromatic nitrogens is 1. The van der Waals surface area contributed by atoms with Gasteiger partial charge in [0.25, 0.3) is 0 Å². The topological polar surface area (TPSA) is 12.9 Å². The van der Waals surface area contributed by atoms with Crippen molar-refractivity contribution < 1.29 is 0 Å². The minimum absolute atomic E-state index is 0.257.